The van der Waals surface area contributed by atoms with Crippen LogP contribution in [0, 0.1) is 6.92 Å². The lowest BCUT2D eigenvalue weighted by Gasteiger charge is -2.21. The second-order valence-electron chi connectivity index (χ2n) is 5.68. The van der Waals surface area contributed by atoms with E-state index in [-0.39, 0.29) is 24.5 Å². The molecule has 0 fully saturated rings. The van der Waals surface area contributed by atoms with Crippen molar-refractivity contribution >= 4 is 17.6 Å². The van der Waals surface area contributed by atoms with E-state index in [0.29, 0.717) is 12.2 Å². The zero-order valence-corrected chi connectivity index (χ0v) is 14.3. The van der Waals surface area contributed by atoms with Crippen LogP contribution in [0.5, 0.6) is 0 Å². The van der Waals surface area contributed by atoms with Crippen molar-refractivity contribution in [3.63, 3.8) is 0 Å². The SMILES string of the molecule is CCCN(CC(=O)Nc1cc(C)on1)C(=O)c1cccc(C(F)(F)F)c1. The number of hydrogen-bond acceptors (Lipinski definition) is 4. The van der Waals surface area contributed by atoms with Crippen LogP contribution in [0.2, 0.25) is 0 Å². The number of aromatic nitrogens is 1. The normalized spacial score (nSPS) is 11.3. The Kier molecular flexibility index (Phi) is 6.01. The van der Waals surface area contributed by atoms with Crippen molar-refractivity contribution in [3.05, 3.63) is 47.2 Å². The molecule has 0 bridgehead atoms. The van der Waals surface area contributed by atoms with E-state index in [1.807, 2.05) is 0 Å². The van der Waals surface area contributed by atoms with Gasteiger partial charge in [0.2, 0.25) is 5.91 Å². The van der Waals surface area contributed by atoms with Gasteiger partial charge in [-0.15, -0.1) is 0 Å². The van der Waals surface area contributed by atoms with Gasteiger partial charge in [-0.25, -0.2) is 0 Å². The summed E-state index contributed by atoms with van der Waals surface area (Å²) in [4.78, 5) is 25.8. The highest BCUT2D eigenvalue weighted by molar-refractivity contribution is 5.99. The largest absolute Gasteiger partial charge is 0.416 e. The molecule has 0 aliphatic carbocycles. The van der Waals surface area contributed by atoms with Crippen LogP contribution in [0.1, 0.15) is 35.0 Å². The number of benzene rings is 1. The van der Waals surface area contributed by atoms with E-state index >= 15 is 0 Å². The molecule has 0 unspecified atom stereocenters. The first-order valence-corrected chi connectivity index (χ1v) is 7.90. The third-order valence-corrected chi connectivity index (χ3v) is 3.45. The molecule has 1 heterocycles. The number of nitrogens with one attached hydrogen (secondary N) is 1. The van der Waals surface area contributed by atoms with Crippen molar-refractivity contribution in [2.75, 3.05) is 18.4 Å². The van der Waals surface area contributed by atoms with Gasteiger partial charge in [0.15, 0.2) is 5.82 Å². The van der Waals surface area contributed by atoms with E-state index in [2.05, 4.69) is 10.5 Å². The molecule has 0 saturated carbocycles. The first-order chi connectivity index (χ1) is 12.2. The summed E-state index contributed by atoms with van der Waals surface area (Å²) in [6.07, 6.45) is -4.00. The van der Waals surface area contributed by atoms with Gasteiger partial charge in [0, 0.05) is 18.2 Å². The van der Waals surface area contributed by atoms with Crippen LogP contribution in [0.25, 0.3) is 0 Å². The van der Waals surface area contributed by atoms with Crippen LogP contribution in [0.4, 0.5) is 19.0 Å². The van der Waals surface area contributed by atoms with Crippen molar-refractivity contribution in [2.24, 2.45) is 0 Å². The van der Waals surface area contributed by atoms with Crippen molar-refractivity contribution in [2.45, 2.75) is 26.4 Å². The van der Waals surface area contributed by atoms with Crippen LogP contribution in [-0.4, -0.2) is 35.0 Å². The molecule has 9 heteroatoms. The molecule has 2 amide bonds. The highest BCUT2D eigenvalue weighted by atomic mass is 19.4. The Morgan fingerprint density at radius 3 is 2.58 bits per heavy atom. The molecular weight excluding hydrogens is 351 g/mol. The van der Waals surface area contributed by atoms with E-state index < -0.39 is 23.6 Å². The van der Waals surface area contributed by atoms with Gasteiger partial charge in [-0.2, -0.15) is 13.2 Å². The van der Waals surface area contributed by atoms with Gasteiger partial charge in [0.1, 0.15) is 12.3 Å². The van der Waals surface area contributed by atoms with Crippen LogP contribution in [0.15, 0.2) is 34.9 Å². The van der Waals surface area contributed by atoms with E-state index in [0.717, 1.165) is 12.1 Å². The maximum atomic E-state index is 12.8. The minimum Gasteiger partial charge on any atom is -0.360 e. The smallest absolute Gasteiger partial charge is 0.360 e. The number of hydrogen-bond donors (Lipinski definition) is 1. The fourth-order valence-corrected chi connectivity index (χ4v) is 2.31. The topological polar surface area (TPSA) is 75.4 Å². The number of aryl methyl sites for hydroxylation is 1. The number of amides is 2. The molecule has 1 N–H and O–H groups in total. The summed E-state index contributed by atoms with van der Waals surface area (Å²) in [6.45, 7) is 3.36. The lowest BCUT2D eigenvalue weighted by Crippen LogP contribution is -2.38. The van der Waals surface area contributed by atoms with Gasteiger partial charge >= 0.3 is 6.18 Å². The average molecular weight is 369 g/mol. The fourth-order valence-electron chi connectivity index (χ4n) is 2.31. The van der Waals surface area contributed by atoms with Gasteiger partial charge < -0.3 is 14.7 Å². The Balaban J connectivity index is 2.13. The molecule has 0 radical (unpaired) electrons. The lowest BCUT2D eigenvalue weighted by molar-refractivity contribution is -0.137. The second kappa shape index (κ2) is 8.03. The molecule has 26 heavy (non-hydrogen) atoms. The summed E-state index contributed by atoms with van der Waals surface area (Å²) in [6, 6.07) is 5.64. The summed E-state index contributed by atoms with van der Waals surface area (Å²) in [5, 5.41) is 6.09. The van der Waals surface area contributed by atoms with Gasteiger partial charge in [-0.1, -0.05) is 18.1 Å². The summed E-state index contributed by atoms with van der Waals surface area (Å²) in [5.41, 5.74) is -1.04. The van der Waals surface area contributed by atoms with Crippen molar-refractivity contribution in [3.8, 4) is 0 Å². The van der Waals surface area contributed by atoms with Gasteiger partial charge in [0.05, 0.1) is 5.56 Å². The molecule has 0 aliphatic heterocycles. The number of halogens is 3. The van der Waals surface area contributed by atoms with E-state index in [1.54, 1.807) is 13.8 Å². The zero-order valence-electron chi connectivity index (χ0n) is 14.3. The molecule has 1 aromatic carbocycles. The highest BCUT2D eigenvalue weighted by Gasteiger charge is 2.31. The van der Waals surface area contributed by atoms with Gasteiger partial charge in [0.25, 0.3) is 5.91 Å². The molecule has 0 atom stereocenters. The summed E-state index contributed by atoms with van der Waals surface area (Å²) < 4.78 is 43.3. The number of anilines is 1. The molecular formula is C17H18F3N3O3. The first-order valence-electron chi connectivity index (χ1n) is 7.90. The van der Waals surface area contributed by atoms with Crippen LogP contribution >= 0.6 is 0 Å². The van der Waals surface area contributed by atoms with Crippen molar-refractivity contribution < 1.29 is 27.3 Å². The molecule has 2 aromatic rings. The molecule has 1 aromatic heterocycles. The van der Waals surface area contributed by atoms with Crippen LogP contribution in [0.3, 0.4) is 0 Å². The van der Waals surface area contributed by atoms with E-state index in [1.165, 1.54) is 23.1 Å². The van der Waals surface area contributed by atoms with Crippen molar-refractivity contribution in [1.82, 2.24) is 10.1 Å². The quantitative estimate of drug-likeness (QED) is 0.846. The summed E-state index contributed by atoms with van der Waals surface area (Å²) >= 11 is 0. The van der Waals surface area contributed by atoms with Gasteiger partial charge in [-0.05, 0) is 31.5 Å². The standard InChI is InChI=1S/C17H18F3N3O3/c1-3-7-23(10-15(24)21-14-8-11(2)26-22-14)16(25)12-5-4-6-13(9-12)17(18,19)20/h4-6,8-9H,3,7,10H2,1-2H3,(H,21,22,24). The van der Waals surface area contributed by atoms with Crippen molar-refractivity contribution in [1.29, 1.82) is 0 Å². The fraction of sp³-hybridized carbons (Fsp3) is 0.353. The first kappa shape index (κ1) is 19.5. The minimum absolute atomic E-state index is 0.127. The van der Waals surface area contributed by atoms with Crippen LogP contribution in [-0.2, 0) is 11.0 Å². The monoisotopic (exact) mass is 369 g/mol. The molecule has 0 aliphatic rings. The molecule has 6 nitrogen and oxygen atoms in total. The predicted octanol–water partition coefficient (Wildman–Crippen LogP) is 3.49. The summed E-state index contributed by atoms with van der Waals surface area (Å²) in [5.74, 6) is -0.460. The Bertz CT molecular complexity index is 787. The van der Waals surface area contributed by atoms with E-state index in [9.17, 15) is 22.8 Å². The van der Waals surface area contributed by atoms with Gasteiger partial charge in [-0.3, -0.25) is 9.59 Å². The minimum atomic E-state index is -4.55. The number of alkyl halides is 3. The molecule has 0 spiro atoms. The molecule has 140 valence electrons. The van der Waals surface area contributed by atoms with Crippen LogP contribution < -0.4 is 5.32 Å². The highest BCUT2D eigenvalue weighted by Crippen LogP contribution is 2.29. The predicted molar refractivity (Wildman–Crippen MR) is 87.5 cm³/mol. The summed E-state index contributed by atoms with van der Waals surface area (Å²) in [7, 11) is 0. The number of carbonyl (C=O) groups is 2. The number of nitrogens with zero attached hydrogens (tertiary/aromatic N) is 2. The molecule has 0 saturated heterocycles. The Morgan fingerprint density at radius 2 is 2.00 bits per heavy atom. The zero-order chi connectivity index (χ0) is 19.3. The Morgan fingerprint density at radius 1 is 1.27 bits per heavy atom. The third kappa shape index (κ3) is 5.08. The van der Waals surface area contributed by atoms with E-state index in [4.69, 9.17) is 4.52 Å². The molecule has 2 rings (SSSR count). The third-order valence-electron chi connectivity index (χ3n) is 3.45. The second-order valence-corrected chi connectivity index (χ2v) is 5.68. The Hall–Kier alpha value is -2.84. The maximum absolute atomic E-state index is 12.8. The average Bonchev–Trinajstić information content (AvgIpc) is 2.98. The lowest BCUT2D eigenvalue weighted by atomic mass is 10.1. The number of rotatable bonds is 6. The number of carbonyl (C=O) groups excluding carboxylic acids is 2. The maximum Gasteiger partial charge on any atom is 0.416 e. The Labute approximate surface area is 148 Å².